The predicted molar refractivity (Wildman–Crippen MR) is 68.8 cm³/mol. The van der Waals surface area contributed by atoms with E-state index in [2.05, 4.69) is 17.3 Å². The highest BCUT2D eigenvalue weighted by Crippen LogP contribution is 2.24. The summed E-state index contributed by atoms with van der Waals surface area (Å²) < 4.78 is 13.4. The Morgan fingerprint density at radius 1 is 1.47 bits per heavy atom. The molecule has 17 heavy (non-hydrogen) atoms. The molecule has 4 heteroatoms. The molecule has 0 saturated heterocycles. The fourth-order valence-corrected chi connectivity index (χ4v) is 2.00. The highest BCUT2D eigenvalue weighted by atomic mass is 35.5. The number of hydrogen-bond donors (Lipinski definition) is 1. The number of benzene rings is 1. The maximum Gasteiger partial charge on any atom is 0.129 e. The van der Waals surface area contributed by atoms with Crippen LogP contribution in [0.15, 0.2) is 18.2 Å². The lowest BCUT2D eigenvalue weighted by molar-refractivity contribution is 0.321. The summed E-state index contributed by atoms with van der Waals surface area (Å²) in [6.07, 6.45) is 2.64. The Hall–Kier alpha value is -0.640. The Bertz CT molecular complexity index is 380. The average Bonchev–Trinajstić information content (AvgIpc) is 3.10. The smallest absolute Gasteiger partial charge is 0.129 e. The average molecular weight is 257 g/mol. The molecule has 1 N–H and O–H groups in total. The summed E-state index contributed by atoms with van der Waals surface area (Å²) in [5.41, 5.74) is 0.670. The monoisotopic (exact) mass is 256 g/mol. The molecule has 0 aliphatic heterocycles. The van der Waals surface area contributed by atoms with Crippen LogP contribution in [0.5, 0.6) is 0 Å². The lowest BCUT2D eigenvalue weighted by Gasteiger charge is -2.15. The molecule has 0 heterocycles. The third-order valence-electron chi connectivity index (χ3n) is 3.14. The van der Waals surface area contributed by atoms with Crippen LogP contribution in [-0.2, 0) is 6.54 Å². The predicted octanol–water partition coefficient (Wildman–Crippen LogP) is 2.66. The van der Waals surface area contributed by atoms with E-state index in [4.69, 9.17) is 11.6 Å². The summed E-state index contributed by atoms with van der Waals surface area (Å²) >= 11 is 5.69. The molecule has 1 fully saturated rings. The Kier molecular flexibility index (Phi) is 4.37. The summed E-state index contributed by atoms with van der Waals surface area (Å²) in [7, 11) is 2.14. The zero-order valence-corrected chi connectivity index (χ0v) is 10.8. The molecule has 94 valence electrons. The van der Waals surface area contributed by atoms with E-state index in [9.17, 15) is 4.39 Å². The van der Waals surface area contributed by atoms with Gasteiger partial charge in [0.05, 0.1) is 0 Å². The van der Waals surface area contributed by atoms with Crippen molar-refractivity contribution in [3.63, 3.8) is 0 Å². The zero-order chi connectivity index (χ0) is 12.3. The summed E-state index contributed by atoms with van der Waals surface area (Å²) in [6.45, 7) is 2.45. The first-order chi connectivity index (χ1) is 8.16. The molecule has 1 aliphatic rings. The van der Waals surface area contributed by atoms with Crippen molar-refractivity contribution >= 4 is 11.6 Å². The van der Waals surface area contributed by atoms with Crippen LogP contribution in [0.2, 0.25) is 5.02 Å². The first-order valence-electron chi connectivity index (χ1n) is 6.01. The first-order valence-corrected chi connectivity index (χ1v) is 6.39. The third kappa shape index (κ3) is 3.95. The summed E-state index contributed by atoms with van der Waals surface area (Å²) in [6, 6.07) is 5.59. The number of rotatable bonds is 6. The Labute approximate surface area is 107 Å². The maximum atomic E-state index is 13.4. The van der Waals surface area contributed by atoms with Gasteiger partial charge >= 0.3 is 0 Å². The molecule has 1 saturated carbocycles. The fraction of sp³-hybridized carbons (Fsp3) is 0.538. The lowest BCUT2D eigenvalue weighted by atomic mass is 10.2. The van der Waals surface area contributed by atoms with E-state index in [1.165, 1.54) is 18.9 Å². The molecular weight excluding hydrogens is 239 g/mol. The van der Waals surface area contributed by atoms with Crippen LogP contribution < -0.4 is 5.32 Å². The summed E-state index contributed by atoms with van der Waals surface area (Å²) in [5, 5.41) is 3.69. The van der Waals surface area contributed by atoms with Crippen molar-refractivity contribution in [2.75, 3.05) is 20.1 Å². The number of likely N-dealkylation sites (N-methyl/N-ethyl adjacent to an activating group) is 1. The van der Waals surface area contributed by atoms with Crippen molar-refractivity contribution in [2.45, 2.75) is 25.4 Å². The second kappa shape index (κ2) is 5.80. The molecule has 0 radical (unpaired) electrons. The third-order valence-corrected chi connectivity index (χ3v) is 3.38. The highest BCUT2D eigenvalue weighted by molar-refractivity contribution is 6.30. The van der Waals surface area contributed by atoms with Gasteiger partial charge in [0, 0.05) is 36.3 Å². The van der Waals surface area contributed by atoms with Crippen molar-refractivity contribution in [1.82, 2.24) is 10.2 Å². The minimum Gasteiger partial charge on any atom is -0.311 e. The lowest BCUT2D eigenvalue weighted by Crippen LogP contribution is -2.30. The van der Waals surface area contributed by atoms with Crippen molar-refractivity contribution in [3.05, 3.63) is 34.6 Å². The van der Waals surface area contributed by atoms with Crippen molar-refractivity contribution < 1.29 is 4.39 Å². The van der Waals surface area contributed by atoms with Gasteiger partial charge in [0.2, 0.25) is 0 Å². The first kappa shape index (κ1) is 12.8. The van der Waals surface area contributed by atoms with Crippen LogP contribution in [0.4, 0.5) is 4.39 Å². The van der Waals surface area contributed by atoms with Crippen LogP contribution in [0, 0.1) is 5.82 Å². The van der Waals surface area contributed by atoms with Crippen LogP contribution in [0.25, 0.3) is 0 Å². The summed E-state index contributed by atoms with van der Waals surface area (Å²) in [4.78, 5) is 2.35. The second-order valence-electron chi connectivity index (χ2n) is 4.62. The molecule has 0 aromatic heterocycles. The van der Waals surface area contributed by atoms with Gasteiger partial charge in [-0.05, 0) is 32.0 Å². The molecule has 2 nitrogen and oxygen atoms in total. The van der Waals surface area contributed by atoms with Crippen LogP contribution in [0.3, 0.4) is 0 Å². The summed E-state index contributed by atoms with van der Waals surface area (Å²) in [5.74, 6) is -0.236. The van der Waals surface area contributed by atoms with Crippen molar-refractivity contribution in [2.24, 2.45) is 0 Å². The number of halogens is 2. The van der Waals surface area contributed by atoms with Crippen LogP contribution in [0.1, 0.15) is 18.4 Å². The molecule has 0 bridgehead atoms. The normalized spacial score (nSPS) is 15.5. The standard InChI is InChI=1S/C13H18ClFN2/c1-17(12-4-5-12)7-6-16-9-10-2-3-11(14)8-13(10)15/h2-3,8,12,16H,4-7,9H2,1H3. The molecule has 1 aromatic rings. The van der Waals surface area contributed by atoms with E-state index < -0.39 is 0 Å². The Balaban J connectivity index is 1.70. The van der Waals surface area contributed by atoms with E-state index in [0.29, 0.717) is 17.1 Å². The number of nitrogens with one attached hydrogen (secondary N) is 1. The molecule has 0 unspecified atom stereocenters. The molecular formula is C13H18ClFN2. The quantitative estimate of drug-likeness (QED) is 0.788. The van der Waals surface area contributed by atoms with Crippen molar-refractivity contribution in [3.8, 4) is 0 Å². The van der Waals surface area contributed by atoms with Gasteiger partial charge in [0.1, 0.15) is 5.82 Å². The number of nitrogens with zero attached hydrogens (tertiary/aromatic N) is 1. The van der Waals surface area contributed by atoms with E-state index >= 15 is 0 Å². The van der Waals surface area contributed by atoms with Gasteiger partial charge in [-0.1, -0.05) is 17.7 Å². The topological polar surface area (TPSA) is 15.3 Å². The van der Waals surface area contributed by atoms with E-state index in [1.54, 1.807) is 12.1 Å². The van der Waals surface area contributed by atoms with Gasteiger partial charge in [-0.25, -0.2) is 4.39 Å². The van der Waals surface area contributed by atoms with E-state index in [1.807, 2.05) is 0 Å². The number of hydrogen-bond acceptors (Lipinski definition) is 2. The fourth-order valence-electron chi connectivity index (χ4n) is 1.84. The molecule has 0 amide bonds. The molecule has 1 aromatic carbocycles. The van der Waals surface area contributed by atoms with Crippen LogP contribution >= 0.6 is 11.6 Å². The van der Waals surface area contributed by atoms with Crippen molar-refractivity contribution in [1.29, 1.82) is 0 Å². The van der Waals surface area contributed by atoms with E-state index in [-0.39, 0.29) is 5.82 Å². The molecule has 1 aliphatic carbocycles. The zero-order valence-electron chi connectivity index (χ0n) is 10.0. The Morgan fingerprint density at radius 3 is 2.88 bits per heavy atom. The van der Waals surface area contributed by atoms with Crippen LogP contribution in [-0.4, -0.2) is 31.1 Å². The van der Waals surface area contributed by atoms with Gasteiger partial charge in [0.15, 0.2) is 0 Å². The Morgan fingerprint density at radius 2 is 2.24 bits per heavy atom. The molecule has 0 spiro atoms. The molecule has 2 rings (SSSR count). The maximum absolute atomic E-state index is 13.4. The largest absolute Gasteiger partial charge is 0.311 e. The minimum atomic E-state index is -0.236. The highest BCUT2D eigenvalue weighted by Gasteiger charge is 2.25. The van der Waals surface area contributed by atoms with Gasteiger partial charge in [-0.3, -0.25) is 0 Å². The van der Waals surface area contributed by atoms with Gasteiger partial charge in [-0.15, -0.1) is 0 Å². The SMILES string of the molecule is CN(CCNCc1ccc(Cl)cc1F)C1CC1. The minimum absolute atomic E-state index is 0.236. The van der Waals surface area contributed by atoms with Gasteiger partial charge in [0.25, 0.3) is 0 Å². The van der Waals surface area contributed by atoms with Gasteiger partial charge in [-0.2, -0.15) is 0 Å². The van der Waals surface area contributed by atoms with Gasteiger partial charge < -0.3 is 10.2 Å². The second-order valence-corrected chi connectivity index (χ2v) is 5.06. The van der Waals surface area contributed by atoms with E-state index in [0.717, 1.165) is 19.1 Å². The molecule has 0 atom stereocenters.